The maximum absolute atomic E-state index is 13.8. The molecule has 1 fully saturated rings. The van der Waals surface area contributed by atoms with Crippen LogP contribution in [0, 0.1) is 12.7 Å². The molecule has 2 aromatic rings. The van der Waals surface area contributed by atoms with E-state index in [0.717, 1.165) is 0 Å². The molecular formula is C17H17FN2O5. The van der Waals surface area contributed by atoms with E-state index in [1.165, 1.54) is 30.2 Å². The third kappa shape index (κ3) is 3.47. The van der Waals surface area contributed by atoms with Crippen molar-refractivity contribution in [2.24, 2.45) is 0 Å². The van der Waals surface area contributed by atoms with E-state index in [4.69, 9.17) is 14.0 Å². The van der Waals surface area contributed by atoms with Crippen LogP contribution in [0.5, 0.6) is 5.75 Å². The number of likely N-dealkylation sites (tertiary alicyclic amines) is 1. The van der Waals surface area contributed by atoms with E-state index < -0.39 is 29.8 Å². The standard InChI is InChI=1S/C17H17FN2O5/c1-10-7-13(19-25-10)16(21)20-9-11(8-14(20)17(22)23-2)24-15-6-4-3-5-12(15)18/h3-7,11,14H,8-9H2,1-2H3/t11-,14-/m0/s1. The van der Waals surface area contributed by atoms with Gasteiger partial charge in [-0.3, -0.25) is 4.79 Å². The van der Waals surface area contributed by atoms with Gasteiger partial charge in [0.2, 0.25) is 0 Å². The minimum absolute atomic E-state index is 0.0719. The molecule has 132 valence electrons. The fraction of sp³-hybridized carbons (Fsp3) is 0.353. The summed E-state index contributed by atoms with van der Waals surface area (Å²) in [5.74, 6) is -0.979. The van der Waals surface area contributed by atoms with Gasteiger partial charge >= 0.3 is 5.97 Å². The van der Waals surface area contributed by atoms with Gasteiger partial charge in [0.15, 0.2) is 17.3 Å². The molecule has 25 heavy (non-hydrogen) atoms. The Labute approximate surface area is 143 Å². The number of aryl methyl sites for hydroxylation is 1. The van der Waals surface area contributed by atoms with Crippen LogP contribution in [-0.4, -0.2) is 47.7 Å². The monoisotopic (exact) mass is 348 g/mol. The summed E-state index contributed by atoms with van der Waals surface area (Å²) in [6, 6.07) is 6.63. The van der Waals surface area contributed by atoms with Crippen LogP contribution in [0.2, 0.25) is 0 Å². The quantitative estimate of drug-likeness (QED) is 0.786. The molecule has 0 spiro atoms. The van der Waals surface area contributed by atoms with Gasteiger partial charge in [-0.15, -0.1) is 0 Å². The normalized spacial score (nSPS) is 19.7. The Morgan fingerprint density at radius 2 is 2.12 bits per heavy atom. The number of nitrogens with zero attached hydrogens (tertiary/aromatic N) is 2. The lowest BCUT2D eigenvalue weighted by atomic mass is 10.2. The number of hydrogen-bond acceptors (Lipinski definition) is 6. The first-order valence-corrected chi connectivity index (χ1v) is 7.73. The highest BCUT2D eigenvalue weighted by atomic mass is 19.1. The third-order valence-electron chi connectivity index (χ3n) is 3.97. The van der Waals surface area contributed by atoms with Crippen molar-refractivity contribution in [3.8, 4) is 5.75 Å². The minimum atomic E-state index is -0.828. The van der Waals surface area contributed by atoms with Crippen LogP contribution >= 0.6 is 0 Å². The molecule has 2 heterocycles. The average molecular weight is 348 g/mol. The number of ether oxygens (including phenoxy) is 2. The Balaban J connectivity index is 1.80. The molecule has 3 rings (SSSR count). The molecule has 7 nitrogen and oxygen atoms in total. The molecule has 1 amide bonds. The number of carbonyl (C=O) groups excluding carboxylic acids is 2. The Hall–Kier alpha value is -2.90. The molecule has 0 unspecified atom stereocenters. The van der Waals surface area contributed by atoms with Crippen molar-refractivity contribution in [3.63, 3.8) is 0 Å². The molecule has 0 saturated carbocycles. The number of halogens is 1. The van der Waals surface area contributed by atoms with E-state index in [2.05, 4.69) is 5.16 Å². The fourth-order valence-corrected chi connectivity index (χ4v) is 2.80. The molecule has 1 aromatic carbocycles. The zero-order valence-electron chi connectivity index (χ0n) is 13.8. The van der Waals surface area contributed by atoms with Crippen LogP contribution in [0.3, 0.4) is 0 Å². The number of methoxy groups -OCH3 is 1. The molecule has 0 aliphatic carbocycles. The van der Waals surface area contributed by atoms with Crippen LogP contribution in [0.4, 0.5) is 4.39 Å². The number of esters is 1. The van der Waals surface area contributed by atoms with Gasteiger partial charge in [0.1, 0.15) is 17.9 Å². The van der Waals surface area contributed by atoms with Crippen molar-refractivity contribution < 1.29 is 28.0 Å². The molecule has 0 N–H and O–H groups in total. The molecule has 0 radical (unpaired) electrons. The van der Waals surface area contributed by atoms with Crippen molar-refractivity contribution in [2.75, 3.05) is 13.7 Å². The van der Waals surface area contributed by atoms with Crippen molar-refractivity contribution in [2.45, 2.75) is 25.5 Å². The summed E-state index contributed by atoms with van der Waals surface area (Å²) in [6.45, 7) is 1.77. The zero-order chi connectivity index (χ0) is 18.0. The largest absolute Gasteiger partial charge is 0.485 e. The van der Waals surface area contributed by atoms with Crippen molar-refractivity contribution >= 4 is 11.9 Å². The second-order valence-electron chi connectivity index (χ2n) is 5.73. The number of benzene rings is 1. The highest BCUT2D eigenvalue weighted by Gasteiger charge is 2.42. The van der Waals surface area contributed by atoms with Crippen molar-refractivity contribution in [1.82, 2.24) is 10.1 Å². The summed E-state index contributed by atoms with van der Waals surface area (Å²) in [6.07, 6.45) is -0.346. The number of rotatable bonds is 4. The number of aromatic nitrogens is 1. The van der Waals surface area contributed by atoms with Crippen LogP contribution in [0.15, 0.2) is 34.9 Å². The van der Waals surface area contributed by atoms with Crippen molar-refractivity contribution in [3.05, 3.63) is 47.6 Å². The fourth-order valence-electron chi connectivity index (χ4n) is 2.80. The first kappa shape index (κ1) is 16.9. The zero-order valence-corrected chi connectivity index (χ0v) is 13.8. The first-order chi connectivity index (χ1) is 12.0. The van der Waals surface area contributed by atoms with Gasteiger partial charge in [0.25, 0.3) is 5.91 Å². The summed E-state index contributed by atoms with van der Waals surface area (Å²) in [7, 11) is 1.25. The predicted octanol–water partition coefficient (Wildman–Crippen LogP) is 1.96. The van der Waals surface area contributed by atoms with E-state index in [0.29, 0.717) is 5.76 Å². The Bertz CT molecular complexity index is 791. The van der Waals surface area contributed by atoms with Gasteiger partial charge in [0.05, 0.1) is 13.7 Å². The van der Waals surface area contributed by atoms with E-state index in [9.17, 15) is 14.0 Å². The summed E-state index contributed by atoms with van der Waals surface area (Å²) < 4.78 is 29.1. The first-order valence-electron chi connectivity index (χ1n) is 7.73. The highest BCUT2D eigenvalue weighted by Crippen LogP contribution is 2.27. The smallest absolute Gasteiger partial charge is 0.328 e. The molecule has 0 bridgehead atoms. The van der Waals surface area contributed by atoms with Gasteiger partial charge in [-0.1, -0.05) is 17.3 Å². The van der Waals surface area contributed by atoms with Crippen LogP contribution in [-0.2, 0) is 9.53 Å². The molecule has 1 aliphatic rings. The lowest BCUT2D eigenvalue weighted by molar-refractivity contribution is -0.145. The Morgan fingerprint density at radius 3 is 2.76 bits per heavy atom. The van der Waals surface area contributed by atoms with Gasteiger partial charge in [0, 0.05) is 12.5 Å². The molecular weight excluding hydrogens is 331 g/mol. The minimum Gasteiger partial charge on any atom is -0.485 e. The summed E-state index contributed by atoms with van der Waals surface area (Å²) in [5, 5.41) is 3.68. The maximum atomic E-state index is 13.8. The Kier molecular flexibility index (Phi) is 4.69. The third-order valence-corrected chi connectivity index (χ3v) is 3.97. The molecule has 1 saturated heterocycles. The van der Waals surface area contributed by atoms with E-state index in [-0.39, 0.29) is 24.4 Å². The van der Waals surface area contributed by atoms with Gasteiger partial charge in [-0.25, -0.2) is 9.18 Å². The highest BCUT2D eigenvalue weighted by molar-refractivity contribution is 5.95. The summed E-state index contributed by atoms with van der Waals surface area (Å²) >= 11 is 0. The van der Waals surface area contributed by atoms with Crippen LogP contribution < -0.4 is 4.74 Å². The number of para-hydroxylation sites is 1. The van der Waals surface area contributed by atoms with E-state index in [1.54, 1.807) is 19.1 Å². The summed E-state index contributed by atoms with van der Waals surface area (Å²) in [5.41, 5.74) is 0.0953. The Morgan fingerprint density at radius 1 is 1.36 bits per heavy atom. The van der Waals surface area contributed by atoms with Crippen molar-refractivity contribution in [1.29, 1.82) is 0 Å². The van der Waals surface area contributed by atoms with Gasteiger partial charge < -0.3 is 18.9 Å². The topological polar surface area (TPSA) is 81.9 Å². The SMILES string of the molecule is COC(=O)[C@@H]1C[C@H](Oc2ccccc2F)CN1C(=O)c1cc(C)on1. The average Bonchev–Trinajstić information content (AvgIpc) is 3.22. The predicted molar refractivity (Wildman–Crippen MR) is 83.5 cm³/mol. The van der Waals surface area contributed by atoms with Gasteiger partial charge in [-0.05, 0) is 19.1 Å². The molecule has 2 atom stereocenters. The molecule has 8 heteroatoms. The maximum Gasteiger partial charge on any atom is 0.328 e. The number of amides is 1. The molecule has 1 aliphatic heterocycles. The second kappa shape index (κ2) is 6.92. The van der Waals surface area contributed by atoms with E-state index >= 15 is 0 Å². The number of carbonyl (C=O) groups is 2. The number of hydrogen-bond donors (Lipinski definition) is 0. The molecule has 1 aromatic heterocycles. The van der Waals surface area contributed by atoms with Crippen LogP contribution in [0.1, 0.15) is 22.7 Å². The van der Waals surface area contributed by atoms with Gasteiger partial charge in [-0.2, -0.15) is 0 Å². The van der Waals surface area contributed by atoms with Crippen LogP contribution in [0.25, 0.3) is 0 Å². The van der Waals surface area contributed by atoms with E-state index in [1.807, 2.05) is 0 Å². The lowest BCUT2D eigenvalue weighted by Gasteiger charge is -2.20. The second-order valence-corrected chi connectivity index (χ2v) is 5.73. The summed E-state index contributed by atoms with van der Waals surface area (Å²) in [4.78, 5) is 26.0. The lowest BCUT2D eigenvalue weighted by Crippen LogP contribution is -2.41.